The van der Waals surface area contributed by atoms with E-state index < -0.39 is 29.5 Å². The first-order valence-electron chi connectivity index (χ1n) is 7.50. The second-order valence-electron chi connectivity index (χ2n) is 5.22. The summed E-state index contributed by atoms with van der Waals surface area (Å²) in [4.78, 5) is 23.5. The lowest BCUT2D eigenvalue weighted by Gasteiger charge is -2.23. The van der Waals surface area contributed by atoms with Crippen LogP contribution >= 0.6 is 0 Å². The molecule has 2 rings (SSSR count). The Morgan fingerprint density at radius 1 is 1.42 bits per heavy atom. The first-order valence-corrected chi connectivity index (χ1v) is 7.50. The molecule has 0 radical (unpaired) electrons. The van der Waals surface area contributed by atoms with Crippen molar-refractivity contribution in [2.24, 2.45) is 0 Å². The number of ether oxygens (including phenoxy) is 1. The van der Waals surface area contributed by atoms with E-state index in [1.807, 2.05) is 0 Å². The summed E-state index contributed by atoms with van der Waals surface area (Å²) in [5.74, 6) is -0.290. The van der Waals surface area contributed by atoms with E-state index in [0.717, 1.165) is 12.1 Å². The molecule has 1 aromatic rings. The Hall–Kier alpha value is -2.45. The molecule has 0 aromatic heterocycles. The van der Waals surface area contributed by atoms with Gasteiger partial charge in [0.25, 0.3) is 0 Å². The summed E-state index contributed by atoms with van der Waals surface area (Å²) in [7, 11) is 0. The van der Waals surface area contributed by atoms with Crippen molar-refractivity contribution >= 4 is 17.6 Å². The van der Waals surface area contributed by atoms with Gasteiger partial charge in [-0.15, -0.1) is 0 Å². The fourth-order valence-corrected chi connectivity index (χ4v) is 2.35. The van der Waals surface area contributed by atoms with E-state index >= 15 is 0 Å². The van der Waals surface area contributed by atoms with Crippen LogP contribution in [0.15, 0.2) is 18.2 Å². The maximum absolute atomic E-state index is 13.1. The van der Waals surface area contributed by atoms with Crippen LogP contribution in [0.5, 0.6) is 5.75 Å². The number of anilines is 1. The third-order valence-electron chi connectivity index (χ3n) is 3.45. The van der Waals surface area contributed by atoms with E-state index in [-0.39, 0.29) is 18.3 Å². The van der Waals surface area contributed by atoms with Gasteiger partial charge < -0.3 is 20.7 Å². The number of hydrogen-bond acceptors (Lipinski definition) is 3. The van der Waals surface area contributed by atoms with E-state index in [1.54, 1.807) is 6.92 Å². The van der Waals surface area contributed by atoms with Gasteiger partial charge in [-0.05, 0) is 38.0 Å². The number of rotatable bonds is 4. The number of nitrogens with one attached hydrogen (secondary N) is 3. The lowest BCUT2D eigenvalue weighted by atomic mass is 10.1. The molecule has 0 saturated carbocycles. The first kappa shape index (κ1) is 17.9. The number of amides is 3. The highest BCUT2D eigenvalue weighted by molar-refractivity contribution is 5.94. The largest absolute Gasteiger partial charge is 0.494 e. The summed E-state index contributed by atoms with van der Waals surface area (Å²) in [6, 6.07) is 1.66. The number of urea groups is 1. The average molecular weight is 345 g/mol. The Morgan fingerprint density at radius 3 is 2.79 bits per heavy atom. The Morgan fingerprint density at radius 2 is 2.17 bits per heavy atom. The number of halogens is 3. The summed E-state index contributed by atoms with van der Waals surface area (Å²) in [6.07, 6.45) is -3.53. The van der Waals surface area contributed by atoms with Crippen molar-refractivity contribution in [3.05, 3.63) is 23.8 Å². The molecule has 1 aliphatic heterocycles. The van der Waals surface area contributed by atoms with E-state index in [0.29, 0.717) is 19.4 Å². The smallest absolute Gasteiger partial charge is 0.418 e. The third kappa shape index (κ3) is 4.53. The van der Waals surface area contributed by atoms with Crippen LogP contribution < -0.4 is 20.7 Å². The van der Waals surface area contributed by atoms with Crippen molar-refractivity contribution in [1.82, 2.24) is 10.6 Å². The van der Waals surface area contributed by atoms with Crippen LogP contribution in [0.25, 0.3) is 0 Å². The van der Waals surface area contributed by atoms with Gasteiger partial charge in [0.15, 0.2) is 0 Å². The standard InChI is InChI=1S/C15H18F3N3O3/c1-2-24-9-5-6-11(10(8-9)15(16,17)18)20-14(23)21-12-4-3-7-19-13(12)22/h5-6,8,12H,2-4,7H2,1H3,(H,19,22)(H2,20,21,23)/t12-/m1/s1. The van der Waals surface area contributed by atoms with Crippen LogP contribution in [-0.4, -0.2) is 31.1 Å². The van der Waals surface area contributed by atoms with E-state index in [4.69, 9.17) is 4.74 Å². The lowest BCUT2D eigenvalue weighted by molar-refractivity contribution is -0.137. The van der Waals surface area contributed by atoms with Gasteiger partial charge in [-0.25, -0.2) is 4.79 Å². The zero-order valence-electron chi connectivity index (χ0n) is 13.0. The second-order valence-corrected chi connectivity index (χ2v) is 5.22. The topological polar surface area (TPSA) is 79.5 Å². The van der Waals surface area contributed by atoms with Gasteiger partial charge >= 0.3 is 12.2 Å². The minimum Gasteiger partial charge on any atom is -0.494 e. The highest BCUT2D eigenvalue weighted by Crippen LogP contribution is 2.37. The van der Waals surface area contributed by atoms with E-state index in [9.17, 15) is 22.8 Å². The highest BCUT2D eigenvalue weighted by Gasteiger charge is 2.35. The van der Waals surface area contributed by atoms with Crippen molar-refractivity contribution < 1.29 is 27.5 Å². The van der Waals surface area contributed by atoms with Crippen molar-refractivity contribution in [2.75, 3.05) is 18.5 Å². The first-order chi connectivity index (χ1) is 11.3. The number of carbonyl (C=O) groups is 2. The summed E-state index contributed by atoms with van der Waals surface area (Å²) >= 11 is 0. The van der Waals surface area contributed by atoms with Crippen molar-refractivity contribution in [2.45, 2.75) is 32.0 Å². The number of alkyl halides is 3. The lowest BCUT2D eigenvalue weighted by Crippen LogP contribution is -2.51. The summed E-state index contributed by atoms with van der Waals surface area (Å²) in [5, 5.41) is 7.10. The molecule has 0 aliphatic carbocycles. The molecular weight excluding hydrogens is 327 g/mol. The van der Waals surface area contributed by atoms with Crippen LogP contribution in [0.3, 0.4) is 0 Å². The number of carbonyl (C=O) groups excluding carboxylic acids is 2. The van der Waals surface area contributed by atoms with Crippen LogP contribution in [0.2, 0.25) is 0 Å². The quantitative estimate of drug-likeness (QED) is 0.784. The van der Waals surface area contributed by atoms with Gasteiger partial charge in [-0.2, -0.15) is 13.2 Å². The third-order valence-corrected chi connectivity index (χ3v) is 3.45. The molecule has 9 heteroatoms. The molecule has 3 amide bonds. The minimum absolute atomic E-state index is 0.0578. The highest BCUT2D eigenvalue weighted by atomic mass is 19.4. The van der Waals surface area contributed by atoms with Crippen molar-refractivity contribution in [3.63, 3.8) is 0 Å². The summed E-state index contributed by atoms with van der Waals surface area (Å²) in [5.41, 5.74) is -1.42. The van der Waals surface area contributed by atoms with Gasteiger partial charge in [0.2, 0.25) is 5.91 Å². The van der Waals surface area contributed by atoms with Gasteiger partial charge in [-0.1, -0.05) is 0 Å². The Bertz CT molecular complexity index is 620. The molecule has 0 spiro atoms. The van der Waals surface area contributed by atoms with Gasteiger partial charge in [0, 0.05) is 6.54 Å². The fraction of sp³-hybridized carbons (Fsp3) is 0.467. The maximum Gasteiger partial charge on any atom is 0.418 e. The molecule has 1 atom stereocenters. The summed E-state index contributed by atoms with van der Waals surface area (Å²) in [6.45, 7) is 2.40. The zero-order chi connectivity index (χ0) is 17.7. The molecule has 24 heavy (non-hydrogen) atoms. The molecule has 1 saturated heterocycles. The zero-order valence-corrected chi connectivity index (χ0v) is 13.0. The molecule has 6 nitrogen and oxygen atoms in total. The number of hydrogen-bond donors (Lipinski definition) is 3. The molecule has 1 aliphatic rings. The Balaban J connectivity index is 2.12. The molecule has 0 bridgehead atoms. The van der Waals surface area contributed by atoms with Crippen LogP contribution in [-0.2, 0) is 11.0 Å². The Kier molecular flexibility index (Phi) is 5.53. The monoisotopic (exact) mass is 345 g/mol. The number of benzene rings is 1. The predicted octanol–water partition coefficient (Wildman–Crippen LogP) is 2.50. The summed E-state index contributed by atoms with van der Waals surface area (Å²) < 4.78 is 44.5. The van der Waals surface area contributed by atoms with Gasteiger partial charge in [0.05, 0.1) is 17.9 Å². The predicted molar refractivity (Wildman–Crippen MR) is 80.8 cm³/mol. The molecule has 1 fully saturated rings. The molecule has 132 valence electrons. The van der Waals surface area contributed by atoms with Crippen molar-refractivity contribution in [3.8, 4) is 5.75 Å². The minimum atomic E-state index is -4.65. The van der Waals surface area contributed by atoms with Crippen LogP contribution in [0.4, 0.5) is 23.7 Å². The normalized spacial score (nSPS) is 17.8. The van der Waals surface area contributed by atoms with E-state index in [1.165, 1.54) is 6.07 Å². The van der Waals surface area contributed by atoms with E-state index in [2.05, 4.69) is 16.0 Å². The molecular formula is C15H18F3N3O3. The molecule has 0 unspecified atom stereocenters. The maximum atomic E-state index is 13.1. The molecule has 1 aromatic carbocycles. The van der Waals surface area contributed by atoms with Crippen LogP contribution in [0.1, 0.15) is 25.3 Å². The molecule has 1 heterocycles. The van der Waals surface area contributed by atoms with Gasteiger partial charge in [0.1, 0.15) is 11.8 Å². The number of piperidine rings is 1. The fourth-order valence-electron chi connectivity index (χ4n) is 2.35. The van der Waals surface area contributed by atoms with Crippen LogP contribution in [0, 0.1) is 0 Å². The molecule has 3 N–H and O–H groups in total. The SMILES string of the molecule is CCOc1ccc(NC(=O)N[C@@H]2CCCNC2=O)c(C(F)(F)F)c1. The Labute approximate surface area is 136 Å². The second kappa shape index (κ2) is 7.41. The van der Waals surface area contributed by atoms with Gasteiger partial charge in [-0.3, -0.25) is 4.79 Å². The average Bonchev–Trinajstić information content (AvgIpc) is 2.50. The van der Waals surface area contributed by atoms with Crippen molar-refractivity contribution in [1.29, 1.82) is 0 Å².